The van der Waals surface area contributed by atoms with E-state index in [9.17, 15) is 4.79 Å². The van der Waals surface area contributed by atoms with Crippen LogP contribution in [0, 0.1) is 0 Å². The number of carbonyl (C=O) groups excluding carboxylic acids is 1. The summed E-state index contributed by atoms with van der Waals surface area (Å²) in [4.78, 5) is 17.0. The fraction of sp³-hybridized carbons (Fsp3) is 0.350. The standard InChI is InChI=1S/C20H24ClN3O.ClH/c1-15-13-23(14-17-5-3-7-19(22)11-17)8-9-24(15)20(25)12-16-4-2-6-18(21)10-16;/h2-7,10-11,15H,8-9,12-14,22H2,1H3;1H. The molecule has 0 spiro atoms. The molecule has 1 atom stereocenters. The van der Waals surface area contributed by atoms with Gasteiger partial charge in [0.1, 0.15) is 0 Å². The number of nitrogens with zero attached hydrogens (tertiary/aromatic N) is 2. The molecule has 1 heterocycles. The summed E-state index contributed by atoms with van der Waals surface area (Å²) in [6.07, 6.45) is 0.403. The zero-order valence-electron chi connectivity index (χ0n) is 14.9. The van der Waals surface area contributed by atoms with Crippen molar-refractivity contribution < 1.29 is 4.79 Å². The monoisotopic (exact) mass is 393 g/mol. The summed E-state index contributed by atoms with van der Waals surface area (Å²) in [6.45, 7) is 5.48. The summed E-state index contributed by atoms with van der Waals surface area (Å²) in [5.41, 5.74) is 8.83. The molecule has 2 aromatic rings. The van der Waals surface area contributed by atoms with Crippen LogP contribution in [0.25, 0.3) is 0 Å². The van der Waals surface area contributed by atoms with E-state index in [1.165, 1.54) is 5.56 Å². The lowest BCUT2D eigenvalue weighted by Gasteiger charge is -2.40. The van der Waals surface area contributed by atoms with Gasteiger partial charge in [0.2, 0.25) is 5.91 Å². The van der Waals surface area contributed by atoms with E-state index in [4.69, 9.17) is 17.3 Å². The van der Waals surface area contributed by atoms with Gasteiger partial charge in [0, 0.05) is 42.9 Å². The van der Waals surface area contributed by atoms with Crippen molar-refractivity contribution in [1.29, 1.82) is 0 Å². The minimum atomic E-state index is 0. The van der Waals surface area contributed by atoms with Crippen LogP contribution in [0.2, 0.25) is 5.02 Å². The Morgan fingerprint density at radius 3 is 2.58 bits per heavy atom. The van der Waals surface area contributed by atoms with Crippen molar-refractivity contribution in [2.24, 2.45) is 0 Å². The van der Waals surface area contributed by atoms with Gasteiger partial charge in [-0.1, -0.05) is 35.9 Å². The summed E-state index contributed by atoms with van der Waals surface area (Å²) in [5.74, 6) is 0.165. The Bertz CT molecular complexity index is 753. The second-order valence-electron chi connectivity index (χ2n) is 6.72. The third-order valence-electron chi connectivity index (χ3n) is 4.63. The summed E-state index contributed by atoms with van der Waals surface area (Å²) in [7, 11) is 0. The minimum absolute atomic E-state index is 0. The Morgan fingerprint density at radius 1 is 1.15 bits per heavy atom. The van der Waals surface area contributed by atoms with Crippen LogP contribution in [0.15, 0.2) is 48.5 Å². The number of nitrogen functional groups attached to an aromatic ring is 1. The number of benzene rings is 2. The average molecular weight is 394 g/mol. The zero-order valence-corrected chi connectivity index (χ0v) is 16.5. The van der Waals surface area contributed by atoms with E-state index >= 15 is 0 Å². The lowest BCUT2D eigenvalue weighted by Crippen LogP contribution is -2.54. The molecule has 0 aromatic heterocycles. The quantitative estimate of drug-likeness (QED) is 0.806. The summed E-state index contributed by atoms with van der Waals surface area (Å²) in [6, 6.07) is 15.7. The second kappa shape index (κ2) is 9.26. The molecule has 4 nitrogen and oxygen atoms in total. The van der Waals surface area contributed by atoms with Gasteiger partial charge >= 0.3 is 0 Å². The predicted molar refractivity (Wildman–Crippen MR) is 110 cm³/mol. The molecular formula is C20H25Cl2N3O. The average Bonchev–Trinajstić information content (AvgIpc) is 2.55. The van der Waals surface area contributed by atoms with Crippen LogP contribution in [0.1, 0.15) is 18.1 Å². The Balaban J connectivity index is 0.00000243. The Morgan fingerprint density at radius 2 is 1.88 bits per heavy atom. The first-order valence-electron chi connectivity index (χ1n) is 8.62. The van der Waals surface area contributed by atoms with E-state index in [-0.39, 0.29) is 24.4 Å². The van der Waals surface area contributed by atoms with Crippen LogP contribution in [0.5, 0.6) is 0 Å². The van der Waals surface area contributed by atoms with Gasteiger partial charge in [-0.05, 0) is 42.3 Å². The first kappa shape index (κ1) is 20.6. The highest BCUT2D eigenvalue weighted by atomic mass is 35.5. The van der Waals surface area contributed by atoms with Crippen molar-refractivity contribution in [3.05, 3.63) is 64.7 Å². The van der Waals surface area contributed by atoms with Crippen molar-refractivity contribution >= 4 is 35.6 Å². The van der Waals surface area contributed by atoms with Crippen LogP contribution in [-0.4, -0.2) is 41.4 Å². The molecule has 2 aromatic carbocycles. The highest BCUT2D eigenvalue weighted by Gasteiger charge is 2.27. The third kappa shape index (κ3) is 5.37. The van der Waals surface area contributed by atoms with Gasteiger partial charge in [0.25, 0.3) is 0 Å². The van der Waals surface area contributed by atoms with Crippen molar-refractivity contribution in [3.63, 3.8) is 0 Å². The molecular weight excluding hydrogens is 369 g/mol. The van der Waals surface area contributed by atoms with Gasteiger partial charge < -0.3 is 10.6 Å². The maximum Gasteiger partial charge on any atom is 0.227 e. The Hall–Kier alpha value is -1.75. The molecule has 1 amide bonds. The van der Waals surface area contributed by atoms with Crippen LogP contribution in [-0.2, 0) is 17.8 Å². The number of hydrogen-bond donors (Lipinski definition) is 1. The Kier molecular flexibility index (Phi) is 7.33. The number of halogens is 2. The number of anilines is 1. The minimum Gasteiger partial charge on any atom is -0.399 e. The highest BCUT2D eigenvalue weighted by molar-refractivity contribution is 6.30. The molecule has 1 fully saturated rings. The van der Waals surface area contributed by atoms with Gasteiger partial charge in [0.15, 0.2) is 0 Å². The van der Waals surface area contributed by atoms with E-state index < -0.39 is 0 Å². The van der Waals surface area contributed by atoms with Gasteiger partial charge in [-0.15, -0.1) is 12.4 Å². The number of amides is 1. The topological polar surface area (TPSA) is 49.6 Å². The van der Waals surface area contributed by atoms with Gasteiger partial charge in [-0.3, -0.25) is 9.69 Å². The van der Waals surface area contributed by atoms with Gasteiger partial charge in [-0.2, -0.15) is 0 Å². The van der Waals surface area contributed by atoms with Crippen LogP contribution in [0.3, 0.4) is 0 Å². The van der Waals surface area contributed by atoms with E-state index in [1.54, 1.807) is 0 Å². The number of nitrogens with two attached hydrogens (primary N) is 1. The molecule has 0 radical (unpaired) electrons. The largest absolute Gasteiger partial charge is 0.399 e. The lowest BCUT2D eigenvalue weighted by atomic mass is 10.1. The Labute approximate surface area is 166 Å². The summed E-state index contributed by atoms with van der Waals surface area (Å²) < 4.78 is 0. The second-order valence-corrected chi connectivity index (χ2v) is 7.16. The number of piperazine rings is 1. The highest BCUT2D eigenvalue weighted by Crippen LogP contribution is 2.17. The SMILES string of the molecule is CC1CN(Cc2cccc(N)c2)CCN1C(=O)Cc1cccc(Cl)c1.Cl. The number of hydrogen-bond acceptors (Lipinski definition) is 3. The molecule has 1 aliphatic rings. The number of rotatable bonds is 4. The third-order valence-corrected chi connectivity index (χ3v) is 4.87. The van der Waals surface area contributed by atoms with Gasteiger partial charge in [-0.25, -0.2) is 0 Å². The molecule has 0 aliphatic carbocycles. The van der Waals surface area contributed by atoms with Crippen molar-refractivity contribution in [1.82, 2.24) is 9.80 Å². The first-order valence-corrected chi connectivity index (χ1v) is 9.00. The molecule has 2 N–H and O–H groups in total. The molecule has 1 saturated heterocycles. The van der Waals surface area contributed by atoms with E-state index in [1.807, 2.05) is 47.4 Å². The summed E-state index contributed by atoms with van der Waals surface area (Å²) in [5, 5.41) is 0.672. The molecule has 6 heteroatoms. The molecule has 140 valence electrons. The number of carbonyl (C=O) groups is 1. The first-order chi connectivity index (χ1) is 12.0. The van der Waals surface area contributed by atoms with E-state index in [0.717, 1.165) is 37.4 Å². The molecule has 3 rings (SSSR count). The van der Waals surface area contributed by atoms with Crippen LogP contribution >= 0.6 is 24.0 Å². The normalized spacial score (nSPS) is 17.6. The van der Waals surface area contributed by atoms with E-state index in [0.29, 0.717) is 11.4 Å². The van der Waals surface area contributed by atoms with Crippen LogP contribution in [0.4, 0.5) is 5.69 Å². The molecule has 0 bridgehead atoms. The molecule has 1 aliphatic heterocycles. The summed E-state index contributed by atoms with van der Waals surface area (Å²) >= 11 is 6.01. The molecule has 1 unspecified atom stereocenters. The smallest absolute Gasteiger partial charge is 0.227 e. The molecule has 0 saturated carbocycles. The fourth-order valence-electron chi connectivity index (χ4n) is 3.42. The van der Waals surface area contributed by atoms with Crippen molar-refractivity contribution in [2.75, 3.05) is 25.4 Å². The lowest BCUT2D eigenvalue weighted by molar-refractivity contribution is -0.135. The van der Waals surface area contributed by atoms with Crippen molar-refractivity contribution in [3.8, 4) is 0 Å². The van der Waals surface area contributed by atoms with Crippen LogP contribution < -0.4 is 5.73 Å². The predicted octanol–water partition coefficient (Wildman–Crippen LogP) is 3.62. The fourth-order valence-corrected chi connectivity index (χ4v) is 3.63. The van der Waals surface area contributed by atoms with Gasteiger partial charge in [0.05, 0.1) is 6.42 Å². The maximum atomic E-state index is 12.6. The maximum absolute atomic E-state index is 12.6. The zero-order chi connectivity index (χ0) is 17.8. The molecule has 26 heavy (non-hydrogen) atoms. The van der Waals surface area contributed by atoms with E-state index in [2.05, 4.69) is 17.9 Å². The van der Waals surface area contributed by atoms with Crippen molar-refractivity contribution in [2.45, 2.75) is 25.9 Å².